The summed E-state index contributed by atoms with van der Waals surface area (Å²) in [6.45, 7) is 3.71. The molecule has 1 fully saturated rings. The van der Waals surface area contributed by atoms with E-state index in [1.165, 1.54) is 0 Å². The lowest BCUT2D eigenvalue weighted by molar-refractivity contribution is 0.207. The Kier molecular flexibility index (Phi) is 4.01. The topological polar surface area (TPSA) is 87.7 Å². The average molecular weight is 340 g/mol. The lowest BCUT2D eigenvalue weighted by Gasteiger charge is -2.17. The number of likely N-dealkylation sites (tertiary alicyclic amines) is 1. The van der Waals surface area contributed by atoms with Gasteiger partial charge < -0.3 is 20.0 Å². The number of nitrogens with one attached hydrogen (secondary N) is 2. The molecular formula is C17H20N6O2. The van der Waals surface area contributed by atoms with Crippen molar-refractivity contribution >= 4 is 17.5 Å². The number of nitrogens with zero attached hydrogens (tertiary/aromatic N) is 4. The van der Waals surface area contributed by atoms with Crippen molar-refractivity contribution in [3.8, 4) is 0 Å². The van der Waals surface area contributed by atoms with E-state index < -0.39 is 0 Å². The van der Waals surface area contributed by atoms with Gasteiger partial charge in [-0.3, -0.25) is 0 Å². The van der Waals surface area contributed by atoms with Crippen molar-refractivity contribution in [3.63, 3.8) is 0 Å². The zero-order valence-corrected chi connectivity index (χ0v) is 14.0. The van der Waals surface area contributed by atoms with Crippen LogP contribution in [0.1, 0.15) is 17.9 Å². The molecule has 8 heteroatoms. The first kappa shape index (κ1) is 15.5. The largest absolute Gasteiger partial charge is 0.467 e. The summed E-state index contributed by atoms with van der Waals surface area (Å²) in [6.07, 6.45) is 4.38. The Bertz CT molecular complexity index is 873. The van der Waals surface area contributed by atoms with Crippen molar-refractivity contribution in [2.45, 2.75) is 25.9 Å². The monoisotopic (exact) mass is 340 g/mol. The van der Waals surface area contributed by atoms with E-state index in [9.17, 15) is 4.79 Å². The molecule has 1 unspecified atom stereocenters. The number of aromatic nitrogens is 3. The van der Waals surface area contributed by atoms with Crippen LogP contribution < -0.4 is 10.6 Å². The van der Waals surface area contributed by atoms with Crippen molar-refractivity contribution in [1.82, 2.24) is 24.8 Å². The van der Waals surface area contributed by atoms with Crippen LogP contribution in [0.5, 0.6) is 0 Å². The van der Waals surface area contributed by atoms with Crippen molar-refractivity contribution in [3.05, 3.63) is 48.2 Å². The molecular weight excluding hydrogens is 320 g/mol. The molecule has 1 aliphatic heterocycles. The number of rotatable bonds is 4. The summed E-state index contributed by atoms with van der Waals surface area (Å²) in [7, 11) is 0. The van der Waals surface area contributed by atoms with Gasteiger partial charge in [-0.15, -0.1) is 5.10 Å². The molecule has 8 nitrogen and oxygen atoms in total. The van der Waals surface area contributed by atoms with Crippen molar-refractivity contribution in [1.29, 1.82) is 0 Å². The van der Waals surface area contributed by atoms with Gasteiger partial charge >= 0.3 is 6.03 Å². The number of carbonyl (C=O) groups excluding carboxylic acids is 1. The highest BCUT2D eigenvalue weighted by Gasteiger charge is 2.26. The summed E-state index contributed by atoms with van der Waals surface area (Å²) in [5, 5.41) is 10.8. The smallest absolute Gasteiger partial charge is 0.317 e. The van der Waals surface area contributed by atoms with Gasteiger partial charge in [0.05, 0.1) is 24.7 Å². The molecule has 0 spiro atoms. The third-order valence-corrected chi connectivity index (χ3v) is 4.26. The maximum atomic E-state index is 12.2. The Morgan fingerprint density at radius 3 is 3.16 bits per heavy atom. The van der Waals surface area contributed by atoms with Crippen LogP contribution in [0.2, 0.25) is 0 Å². The number of amides is 2. The van der Waals surface area contributed by atoms with Crippen LogP contribution in [-0.4, -0.2) is 44.7 Å². The summed E-state index contributed by atoms with van der Waals surface area (Å²) in [4.78, 5) is 18.4. The van der Waals surface area contributed by atoms with Gasteiger partial charge in [0, 0.05) is 19.1 Å². The molecule has 1 aliphatic rings. The predicted octanol–water partition coefficient (Wildman–Crippen LogP) is 2.03. The molecule has 1 saturated heterocycles. The molecule has 0 bridgehead atoms. The normalized spacial score (nSPS) is 17.2. The molecule has 130 valence electrons. The molecule has 0 radical (unpaired) electrons. The number of anilines is 1. The Morgan fingerprint density at radius 2 is 2.32 bits per heavy atom. The minimum absolute atomic E-state index is 0.0747. The summed E-state index contributed by atoms with van der Waals surface area (Å²) in [5.41, 5.74) is 1.76. The lowest BCUT2D eigenvalue weighted by atomic mass is 10.2. The first-order valence-electron chi connectivity index (χ1n) is 8.32. The molecule has 3 aromatic rings. The number of hydrogen-bond acceptors (Lipinski definition) is 5. The second-order valence-corrected chi connectivity index (χ2v) is 6.22. The summed E-state index contributed by atoms with van der Waals surface area (Å²) in [6, 6.07) is 7.61. The van der Waals surface area contributed by atoms with E-state index in [0.29, 0.717) is 19.6 Å². The number of furan rings is 1. The van der Waals surface area contributed by atoms with Crippen molar-refractivity contribution in [2.75, 3.05) is 18.4 Å². The Balaban J connectivity index is 1.32. The molecule has 1 atom stereocenters. The maximum Gasteiger partial charge on any atom is 0.317 e. The highest BCUT2D eigenvalue weighted by molar-refractivity contribution is 5.74. The first-order valence-corrected chi connectivity index (χ1v) is 8.32. The Morgan fingerprint density at radius 1 is 1.40 bits per heavy atom. The standard InChI is InChI=1S/C17H20N6O2/c1-12-10-23-16(19-12)5-4-15(21-23)20-13-6-7-22(11-13)17(24)18-9-14-3-2-8-25-14/h2-5,8,10,13H,6-7,9,11H2,1H3,(H,18,24)(H,20,21). The molecule has 4 heterocycles. The summed E-state index contributed by atoms with van der Waals surface area (Å²) < 4.78 is 6.99. The minimum atomic E-state index is -0.0747. The van der Waals surface area contributed by atoms with Gasteiger partial charge in [-0.25, -0.2) is 14.3 Å². The van der Waals surface area contributed by atoms with Gasteiger partial charge in [0.2, 0.25) is 0 Å². The fourth-order valence-electron chi connectivity index (χ4n) is 3.04. The maximum absolute atomic E-state index is 12.2. The molecule has 0 saturated carbocycles. The molecule has 0 aromatic carbocycles. The third-order valence-electron chi connectivity index (χ3n) is 4.26. The molecule has 4 rings (SSSR count). The van der Waals surface area contributed by atoms with Crippen molar-refractivity contribution in [2.24, 2.45) is 0 Å². The number of fused-ring (bicyclic) bond motifs is 1. The number of aryl methyl sites for hydroxylation is 1. The zero-order valence-electron chi connectivity index (χ0n) is 14.0. The van der Waals surface area contributed by atoms with Crippen LogP contribution in [0.4, 0.5) is 10.6 Å². The van der Waals surface area contributed by atoms with E-state index in [-0.39, 0.29) is 12.1 Å². The van der Waals surface area contributed by atoms with Crippen LogP contribution in [0.15, 0.2) is 41.1 Å². The fraction of sp³-hybridized carbons (Fsp3) is 0.353. The second kappa shape index (κ2) is 6.46. The van der Waals surface area contributed by atoms with Gasteiger partial charge in [0.1, 0.15) is 11.6 Å². The predicted molar refractivity (Wildman–Crippen MR) is 92.3 cm³/mol. The van der Waals surface area contributed by atoms with E-state index in [1.807, 2.05) is 37.4 Å². The lowest BCUT2D eigenvalue weighted by Crippen LogP contribution is -2.39. The quantitative estimate of drug-likeness (QED) is 0.759. The van der Waals surface area contributed by atoms with Gasteiger partial charge in [-0.05, 0) is 37.6 Å². The summed E-state index contributed by atoms with van der Waals surface area (Å²) in [5.74, 6) is 1.53. The third kappa shape index (κ3) is 3.42. The molecule has 25 heavy (non-hydrogen) atoms. The second-order valence-electron chi connectivity index (χ2n) is 6.22. The number of carbonyl (C=O) groups is 1. The van der Waals surface area contributed by atoms with Crippen LogP contribution >= 0.6 is 0 Å². The van der Waals surface area contributed by atoms with Crippen LogP contribution in [-0.2, 0) is 6.54 Å². The highest BCUT2D eigenvalue weighted by atomic mass is 16.3. The SMILES string of the molecule is Cc1cn2nc(NC3CCN(C(=O)NCc4ccco4)C3)ccc2n1. The number of hydrogen-bond donors (Lipinski definition) is 2. The van der Waals surface area contributed by atoms with Gasteiger partial charge in [0.15, 0.2) is 5.65 Å². The van der Waals surface area contributed by atoms with Gasteiger partial charge in [-0.2, -0.15) is 0 Å². The van der Waals surface area contributed by atoms with E-state index >= 15 is 0 Å². The highest BCUT2D eigenvalue weighted by Crippen LogP contribution is 2.15. The summed E-state index contributed by atoms with van der Waals surface area (Å²) >= 11 is 0. The Labute approximate surface area is 144 Å². The Hall–Kier alpha value is -3.03. The van der Waals surface area contributed by atoms with E-state index in [4.69, 9.17) is 4.42 Å². The molecule has 3 aromatic heterocycles. The number of urea groups is 1. The fourth-order valence-corrected chi connectivity index (χ4v) is 3.04. The van der Waals surface area contributed by atoms with E-state index in [1.54, 1.807) is 15.7 Å². The van der Waals surface area contributed by atoms with E-state index in [2.05, 4.69) is 20.7 Å². The molecule has 0 aliphatic carbocycles. The van der Waals surface area contributed by atoms with Crippen LogP contribution in [0.3, 0.4) is 0 Å². The van der Waals surface area contributed by atoms with Crippen LogP contribution in [0.25, 0.3) is 5.65 Å². The van der Waals surface area contributed by atoms with Crippen molar-refractivity contribution < 1.29 is 9.21 Å². The van der Waals surface area contributed by atoms with E-state index in [0.717, 1.165) is 29.3 Å². The van der Waals surface area contributed by atoms with Gasteiger partial charge in [-0.1, -0.05) is 0 Å². The minimum Gasteiger partial charge on any atom is -0.467 e. The average Bonchev–Trinajstić information content (AvgIpc) is 3.32. The first-order chi connectivity index (χ1) is 12.2. The zero-order chi connectivity index (χ0) is 17.2. The van der Waals surface area contributed by atoms with Gasteiger partial charge in [0.25, 0.3) is 0 Å². The molecule has 2 amide bonds. The van der Waals surface area contributed by atoms with Crippen LogP contribution in [0, 0.1) is 6.92 Å². The number of imidazole rings is 1. The molecule has 2 N–H and O–H groups in total.